The maximum atomic E-state index is 8.85. The topological polar surface area (TPSA) is 37.5 Å². The van der Waals surface area contributed by atoms with Crippen molar-refractivity contribution >= 4 is 33.0 Å². The molecule has 1 N–H and O–H groups in total. The largest absolute Gasteiger partial charge is 0.396 e. The van der Waals surface area contributed by atoms with E-state index in [2.05, 4.69) is 20.9 Å². The normalized spacial score (nSPS) is 11.1. The lowest BCUT2D eigenvalue weighted by Gasteiger charge is -1.99. The molecule has 0 aliphatic heterocycles. The van der Waals surface area contributed by atoms with E-state index in [-0.39, 0.29) is 6.61 Å². The van der Waals surface area contributed by atoms with Crippen LogP contribution in [0.25, 0.3) is 5.52 Å². The molecule has 14 heavy (non-hydrogen) atoms. The fraction of sp³-hybridized carbons (Fsp3) is 0.222. The number of imidazole rings is 1. The van der Waals surface area contributed by atoms with Gasteiger partial charge in [0.15, 0.2) is 5.15 Å². The number of halogens is 2. The monoisotopic (exact) mass is 274 g/mol. The zero-order valence-electron chi connectivity index (χ0n) is 7.24. The molecule has 0 saturated carbocycles. The SMILES string of the molecule is OCCc1nc(Cl)c2ccc(Br)cn12. The van der Waals surface area contributed by atoms with E-state index in [1.807, 2.05) is 22.7 Å². The van der Waals surface area contributed by atoms with Crippen LogP contribution >= 0.6 is 27.5 Å². The van der Waals surface area contributed by atoms with Gasteiger partial charge in [-0.3, -0.25) is 0 Å². The minimum absolute atomic E-state index is 0.0714. The number of aliphatic hydroxyl groups excluding tert-OH is 1. The molecule has 0 aliphatic carbocycles. The summed E-state index contributed by atoms with van der Waals surface area (Å²) in [5.41, 5.74) is 0.860. The van der Waals surface area contributed by atoms with Crippen LogP contribution in [-0.4, -0.2) is 21.1 Å². The van der Waals surface area contributed by atoms with Gasteiger partial charge in [-0.05, 0) is 28.1 Å². The molecule has 74 valence electrons. The van der Waals surface area contributed by atoms with E-state index in [0.29, 0.717) is 11.6 Å². The van der Waals surface area contributed by atoms with Crippen molar-refractivity contribution in [1.82, 2.24) is 9.38 Å². The van der Waals surface area contributed by atoms with Crippen LogP contribution in [-0.2, 0) is 6.42 Å². The average Bonchev–Trinajstić information content (AvgIpc) is 2.44. The fourth-order valence-corrected chi connectivity index (χ4v) is 1.95. The number of pyridine rings is 1. The first-order chi connectivity index (χ1) is 6.72. The molecule has 0 atom stereocenters. The highest BCUT2D eigenvalue weighted by Gasteiger charge is 2.08. The number of aliphatic hydroxyl groups is 1. The van der Waals surface area contributed by atoms with Gasteiger partial charge >= 0.3 is 0 Å². The number of aromatic nitrogens is 2. The smallest absolute Gasteiger partial charge is 0.155 e. The molecule has 0 radical (unpaired) electrons. The Bertz CT molecular complexity index is 469. The molecule has 0 amide bonds. The van der Waals surface area contributed by atoms with Crippen molar-refractivity contribution in [2.75, 3.05) is 6.61 Å². The fourth-order valence-electron chi connectivity index (χ4n) is 1.36. The Hall–Kier alpha value is -0.580. The first-order valence-electron chi connectivity index (χ1n) is 4.15. The Morgan fingerprint density at radius 3 is 3.00 bits per heavy atom. The predicted octanol–water partition coefficient (Wildman–Crippen LogP) is 2.29. The maximum Gasteiger partial charge on any atom is 0.155 e. The molecule has 0 aromatic carbocycles. The third-order valence-electron chi connectivity index (χ3n) is 1.96. The Morgan fingerprint density at radius 2 is 2.29 bits per heavy atom. The summed E-state index contributed by atoms with van der Waals surface area (Å²) in [6, 6.07) is 3.80. The van der Waals surface area contributed by atoms with E-state index in [4.69, 9.17) is 16.7 Å². The molecule has 0 fully saturated rings. The van der Waals surface area contributed by atoms with Crippen molar-refractivity contribution < 1.29 is 5.11 Å². The van der Waals surface area contributed by atoms with Gasteiger partial charge in [-0.15, -0.1) is 0 Å². The van der Waals surface area contributed by atoms with Gasteiger partial charge < -0.3 is 9.51 Å². The number of hydrogen-bond acceptors (Lipinski definition) is 2. The van der Waals surface area contributed by atoms with Crippen molar-refractivity contribution in [3.05, 3.63) is 33.8 Å². The summed E-state index contributed by atoms with van der Waals surface area (Å²) in [4.78, 5) is 4.17. The summed E-state index contributed by atoms with van der Waals surface area (Å²) in [5.74, 6) is 0.772. The second-order valence-electron chi connectivity index (χ2n) is 2.90. The highest BCUT2D eigenvalue weighted by atomic mass is 79.9. The number of hydrogen-bond donors (Lipinski definition) is 1. The van der Waals surface area contributed by atoms with Crippen molar-refractivity contribution in [2.45, 2.75) is 6.42 Å². The first kappa shape index (κ1) is 9.96. The molecule has 0 bridgehead atoms. The second kappa shape index (κ2) is 3.88. The van der Waals surface area contributed by atoms with Crippen LogP contribution in [0.4, 0.5) is 0 Å². The predicted molar refractivity (Wildman–Crippen MR) is 58.7 cm³/mol. The van der Waals surface area contributed by atoms with E-state index in [9.17, 15) is 0 Å². The number of rotatable bonds is 2. The zero-order chi connectivity index (χ0) is 10.1. The van der Waals surface area contributed by atoms with Gasteiger partial charge in [0, 0.05) is 17.1 Å². The average molecular weight is 276 g/mol. The standard InChI is InChI=1S/C9H8BrClN2O/c10-6-1-2-7-9(11)12-8(3-4-14)13(7)5-6/h1-2,5,14H,3-4H2. The third-order valence-corrected chi connectivity index (χ3v) is 2.71. The van der Waals surface area contributed by atoms with Gasteiger partial charge in [-0.1, -0.05) is 11.6 Å². The van der Waals surface area contributed by atoms with Gasteiger partial charge in [-0.25, -0.2) is 4.98 Å². The molecule has 2 aromatic heterocycles. The Kier molecular flexibility index (Phi) is 2.76. The molecule has 2 heterocycles. The Morgan fingerprint density at radius 1 is 1.50 bits per heavy atom. The number of nitrogens with zero attached hydrogens (tertiary/aromatic N) is 2. The Labute approximate surface area is 94.5 Å². The molecule has 2 aromatic rings. The van der Waals surface area contributed by atoms with Crippen LogP contribution in [0.3, 0.4) is 0 Å². The van der Waals surface area contributed by atoms with Crippen molar-refractivity contribution in [3.63, 3.8) is 0 Å². The van der Waals surface area contributed by atoms with Crippen molar-refractivity contribution in [2.24, 2.45) is 0 Å². The van der Waals surface area contributed by atoms with E-state index in [1.54, 1.807) is 0 Å². The minimum Gasteiger partial charge on any atom is -0.396 e. The molecule has 3 nitrogen and oxygen atoms in total. The van der Waals surface area contributed by atoms with E-state index >= 15 is 0 Å². The zero-order valence-corrected chi connectivity index (χ0v) is 9.59. The van der Waals surface area contributed by atoms with Crippen LogP contribution in [0.2, 0.25) is 5.15 Å². The quantitative estimate of drug-likeness (QED) is 0.913. The second-order valence-corrected chi connectivity index (χ2v) is 4.17. The van der Waals surface area contributed by atoms with E-state index < -0.39 is 0 Å². The highest BCUT2D eigenvalue weighted by molar-refractivity contribution is 9.10. The maximum absolute atomic E-state index is 8.85. The van der Waals surface area contributed by atoms with E-state index in [0.717, 1.165) is 15.8 Å². The summed E-state index contributed by atoms with van der Waals surface area (Å²) >= 11 is 9.31. The highest BCUT2D eigenvalue weighted by Crippen LogP contribution is 2.21. The van der Waals surface area contributed by atoms with Gasteiger partial charge in [0.2, 0.25) is 0 Å². The summed E-state index contributed by atoms with van der Waals surface area (Å²) in [5, 5.41) is 9.32. The lowest BCUT2D eigenvalue weighted by Crippen LogP contribution is -1.97. The minimum atomic E-state index is 0.0714. The summed E-state index contributed by atoms with van der Waals surface area (Å²) in [7, 11) is 0. The van der Waals surface area contributed by atoms with Crippen LogP contribution in [0.5, 0.6) is 0 Å². The number of fused-ring (bicyclic) bond motifs is 1. The van der Waals surface area contributed by atoms with Gasteiger partial charge in [0.25, 0.3) is 0 Å². The van der Waals surface area contributed by atoms with Crippen molar-refractivity contribution in [3.8, 4) is 0 Å². The van der Waals surface area contributed by atoms with Gasteiger partial charge in [0.05, 0.1) is 12.1 Å². The van der Waals surface area contributed by atoms with Crippen LogP contribution in [0.1, 0.15) is 5.82 Å². The molecule has 0 aliphatic rings. The van der Waals surface area contributed by atoms with E-state index in [1.165, 1.54) is 0 Å². The molecule has 0 saturated heterocycles. The molecular formula is C9H8BrClN2O. The van der Waals surface area contributed by atoms with Gasteiger partial charge in [0.1, 0.15) is 5.82 Å². The lowest BCUT2D eigenvalue weighted by molar-refractivity contribution is 0.296. The Balaban J connectivity index is 2.66. The lowest BCUT2D eigenvalue weighted by atomic mass is 10.4. The van der Waals surface area contributed by atoms with Crippen LogP contribution in [0.15, 0.2) is 22.8 Å². The van der Waals surface area contributed by atoms with Crippen LogP contribution < -0.4 is 0 Å². The molecule has 2 rings (SSSR count). The van der Waals surface area contributed by atoms with Crippen molar-refractivity contribution in [1.29, 1.82) is 0 Å². The summed E-state index contributed by atoms with van der Waals surface area (Å²) < 4.78 is 2.83. The first-order valence-corrected chi connectivity index (χ1v) is 5.32. The molecular weight excluding hydrogens is 267 g/mol. The summed E-state index contributed by atoms with van der Waals surface area (Å²) in [6.45, 7) is 0.0714. The van der Waals surface area contributed by atoms with Gasteiger partial charge in [-0.2, -0.15) is 0 Å². The third kappa shape index (κ3) is 1.65. The summed E-state index contributed by atoms with van der Waals surface area (Å²) in [6.07, 6.45) is 2.39. The molecule has 0 unspecified atom stereocenters. The molecule has 5 heteroatoms. The molecule has 0 spiro atoms. The van der Waals surface area contributed by atoms with Crippen LogP contribution in [0, 0.1) is 0 Å².